The Labute approximate surface area is 124 Å². The summed E-state index contributed by atoms with van der Waals surface area (Å²) in [7, 11) is 1.74. The monoisotopic (exact) mass is 302 g/mol. The zero-order valence-electron chi connectivity index (χ0n) is 11.4. The lowest BCUT2D eigenvalue weighted by Crippen LogP contribution is -2.30. The van der Waals surface area contributed by atoms with Gasteiger partial charge in [0, 0.05) is 7.05 Å². The van der Waals surface area contributed by atoms with E-state index < -0.39 is 0 Å². The lowest BCUT2D eigenvalue weighted by molar-refractivity contribution is 0.0957. The van der Waals surface area contributed by atoms with Gasteiger partial charge in [-0.2, -0.15) is 0 Å². The number of amides is 1. The Kier molecular flexibility index (Phi) is 3.36. The number of fused-ring (bicyclic) bond motifs is 1. The summed E-state index contributed by atoms with van der Waals surface area (Å²) in [5.74, 6) is 4.85. The van der Waals surface area contributed by atoms with Crippen LogP contribution >= 0.6 is 11.3 Å². The van der Waals surface area contributed by atoms with Crippen molar-refractivity contribution < 1.29 is 4.79 Å². The molecular weight excluding hydrogens is 288 g/mol. The predicted molar refractivity (Wildman–Crippen MR) is 82.3 cm³/mol. The number of para-hydroxylation sites is 2. The van der Waals surface area contributed by atoms with Crippen molar-refractivity contribution in [2.24, 2.45) is 12.9 Å². The Morgan fingerprint density at radius 3 is 2.71 bits per heavy atom. The van der Waals surface area contributed by atoms with Crippen molar-refractivity contribution in [2.45, 2.75) is 6.54 Å². The highest BCUT2D eigenvalue weighted by Crippen LogP contribution is 2.19. The van der Waals surface area contributed by atoms with Crippen molar-refractivity contribution >= 4 is 28.3 Å². The minimum absolute atomic E-state index is 0.110. The van der Waals surface area contributed by atoms with Gasteiger partial charge in [-0.05, 0) is 29.1 Å². The van der Waals surface area contributed by atoms with Gasteiger partial charge in [-0.15, -0.1) is 11.3 Å². The second-order valence-corrected chi connectivity index (χ2v) is 5.58. The predicted octanol–water partition coefficient (Wildman–Crippen LogP) is 1.05. The van der Waals surface area contributed by atoms with Gasteiger partial charge in [-0.1, -0.05) is 12.1 Å². The van der Waals surface area contributed by atoms with Crippen LogP contribution in [-0.4, -0.2) is 15.0 Å². The third kappa shape index (κ3) is 2.16. The SMILES string of the molecule is Cn1c(=O)n(Cc2ccsc2C(=O)NN)c2ccccc21. The lowest BCUT2D eigenvalue weighted by atomic mass is 10.2. The molecule has 2 heterocycles. The molecule has 0 saturated heterocycles. The van der Waals surface area contributed by atoms with Crippen LogP contribution in [0.3, 0.4) is 0 Å². The number of nitrogen functional groups attached to an aromatic ring is 1. The number of imidazole rings is 1. The summed E-state index contributed by atoms with van der Waals surface area (Å²) in [4.78, 5) is 24.6. The zero-order valence-corrected chi connectivity index (χ0v) is 12.2. The number of benzene rings is 1. The molecule has 0 atom stereocenters. The zero-order chi connectivity index (χ0) is 15.0. The topological polar surface area (TPSA) is 82.0 Å². The Morgan fingerprint density at radius 1 is 1.29 bits per heavy atom. The molecule has 1 amide bonds. The quantitative estimate of drug-likeness (QED) is 0.431. The second-order valence-electron chi connectivity index (χ2n) is 4.66. The number of nitrogens with two attached hydrogens (primary N) is 1. The molecule has 2 aromatic heterocycles. The fraction of sp³-hybridized carbons (Fsp3) is 0.143. The van der Waals surface area contributed by atoms with E-state index >= 15 is 0 Å². The Hall–Kier alpha value is -2.38. The van der Waals surface area contributed by atoms with Crippen LogP contribution in [0, 0.1) is 0 Å². The molecule has 6 nitrogen and oxygen atoms in total. The van der Waals surface area contributed by atoms with Crippen LogP contribution in [-0.2, 0) is 13.6 Å². The van der Waals surface area contributed by atoms with Crippen LogP contribution < -0.4 is 17.0 Å². The molecule has 108 valence electrons. The van der Waals surface area contributed by atoms with Crippen LogP contribution in [0.5, 0.6) is 0 Å². The number of hydrogen-bond donors (Lipinski definition) is 2. The summed E-state index contributed by atoms with van der Waals surface area (Å²) in [6, 6.07) is 9.41. The molecule has 0 bridgehead atoms. The van der Waals surface area contributed by atoms with Gasteiger partial charge < -0.3 is 0 Å². The Balaban J connectivity index is 2.12. The number of nitrogens with one attached hydrogen (secondary N) is 1. The van der Waals surface area contributed by atoms with Gasteiger partial charge in [0.1, 0.15) is 0 Å². The fourth-order valence-corrected chi connectivity index (χ4v) is 3.23. The molecule has 7 heteroatoms. The van der Waals surface area contributed by atoms with E-state index in [2.05, 4.69) is 5.43 Å². The average Bonchev–Trinajstić information content (AvgIpc) is 3.06. The van der Waals surface area contributed by atoms with E-state index in [0.717, 1.165) is 16.6 Å². The van der Waals surface area contributed by atoms with Crippen molar-refractivity contribution in [1.82, 2.24) is 14.6 Å². The van der Waals surface area contributed by atoms with Crippen molar-refractivity contribution in [2.75, 3.05) is 0 Å². The van der Waals surface area contributed by atoms with E-state index in [0.29, 0.717) is 11.4 Å². The molecule has 1 aromatic carbocycles. The number of nitrogens with zero attached hydrogens (tertiary/aromatic N) is 2. The first-order valence-electron chi connectivity index (χ1n) is 6.35. The summed E-state index contributed by atoms with van der Waals surface area (Å²) in [5.41, 5.74) is 4.51. The number of carbonyl (C=O) groups excluding carboxylic acids is 1. The third-order valence-electron chi connectivity index (χ3n) is 3.46. The highest BCUT2D eigenvalue weighted by molar-refractivity contribution is 7.12. The van der Waals surface area contributed by atoms with E-state index in [4.69, 9.17) is 5.84 Å². The standard InChI is InChI=1S/C14H14N4O2S/c1-17-10-4-2-3-5-11(10)18(14(17)20)8-9-6-7-21-12(9)13(19)16-15/h2-7H,8,15H2,1H3,(H,16,19). The van der Waals surface area contributed by atoms with Crippen LogP contribution in [0.15, 0.2) is 40.5 Å². The van der Waals surface area contributed by atoms with Gasteiger partial charge >= 0.3 is 5.69 Å². The van der Waals surface area contributed by atoms with Gasteiger partial charge in [-0.25, -0.2) is 10.6 Å². The lowest BCUT2D eigenvalue weighted by Gasteiger charge is -2.04. The first-order chi connectivity index (χ1) is 10.1. The van der Waals surface area contributed by atoms with Crippen LogP contribution in [0.4, 0.5) is 0 Å². The number of hydrazine groups is 1. The van der Waals surface area contributed by atoms with Gasteiger partial charge in [0.05, 0.1) is 22.5 Å². The maximum Gasteiger partial charge on any atom is 0.329 e. The molecular formula is C14H14N4O2S. The van der Waals surface area contributed by atoms with Crippen molar-refractivity contribution in [1.29, 1.82) is 0 Å². The molecule has 3 rings (SSSR count). The summed E-state index contributed by atoms with van der Waals surface area (Å²) >= 11 is 1.31. The van der Waals surface area contributed by atoms with Gasteiger partial charge in [0.25, 0.3) is 5.91 Å². The smallest absolute Gasteiger partial charge is 0.295 e. The average molecular weight is 302 g/mol. The molecule has 3 N–H and O–H groups in total. The first kappa shape index (κ1) is 13.6. The van der Waals surface area contributed by atoms with E-state index in [1.165, 1.54) is 11.3 Å². The molecule has 0 radical (unpaired) electrons. The number of aryl methyl sites for hydroxylation is 1. The largest absolute Gasteiger partial charge is 0.329 e. The molecule has 21 heavy (non-hydrogen) atoms. The molecule has 0 aliphatic carbocycles. The van der Waals surface area contributed by atoms with Gasteiger partial charge in [0.15, 0.2) is 0 Å². The number of rotatable bonds is 3. The molecule has 0 aliphatic rings. The second kappa shape index (κ2) is 5.19. The summed E-state index contributed by atoms with van der Waals surface area (Å²) in [5, 5.41) is 1.82. The van der Waals surface area contributed by atoms with Crippen molar-refractivity contribution in [3.63, 3.8) is 0 Å². The van der Waals surface area contributed by atoms with E-state index in [1.54, 1.807) is 16.2 Å². The normalized spacial score (nSPS) is 11.0. The van der Waals surface area contributed by atoms with Gasteiger partial charge in [-0.3, -0.25) is 19.4 Å². The van der Waals surface area contributed by atoms with E-state index in [-0.39, 0.29) is 11.6 Å². The minimum Gasteiger partial charge on any atom is -0.295 e. The van der Waals surface area contributed by atoms with E-state index in [1.807, 2.05) is 35.7 Å². The number of thiophene rings is 1. The molecule has 3 aromatic rings. The molecule has 0 spiro atoms. The Bertz CT molecular complexity index is 875. The number of hydrogen-bond acceptors (Lipinski definition) is 4. The number of carbonyl (C=O) groups is 1. The third-order valence-corrected chi connectivity index (χ3v) is 4.42. The summed E-state index contributed by atoms with van der Waals surface area (Å²) in [6.07, 6.45) is 0. The maximum atomic E-state index is 12.4. The molecule has 0 unspecified atom stereocenters. The highest BCUT2D eigenvalue weighted by Gasteiger charge is 2.16. The highest BCUT2D eigenvalue weighted by atomic mass is 32.1. The first-order valence-corrected chi connectivity index (χ1v) is 7.23. The minimum atomic E-state index is -0.340. The molecule has 0 aliphatic heterocycles. The van der Waals surface area contributed by atoms with Crippen LogP contribution in [0.2, 0.25) is 0 Å². The maximum absolute atomic E-state index is 12.4. The fourth-order valence-electron chi connectivity index (χ4n) is 2.41. The van der Waals surface area contributed by atoms with Crippen molar-refractivity contribution in [3.05, 3.63) is 56.6 Å². The summed E-state index contributed by atoms with van der Waals surface area (Å²) in [6.45, 7) is 0.340. The van der Waals surface area contributed by atoms with Crippen LogP contribution in [0.1, 0.15) is 15.2 Å². The van der Waals surface area contributed by atoms with Crippen molar-refractivity contribution in [3.8, 4) is 0 Å². The number of aromatic nitrogens is 2. The molecule has 0 fully saturated rings. The molecule has 0 saturated carbocycles. The summed E-state index contributed by atoms with van der Waals surface area (Å²) < 4.78 is 3.26. The van der Waals surface area contributed by atoms with Gasteiger partial charge in [0.2, 0.25) is 0 Å². The Morgan fingerprint density at radius 2 is 2.00 bits per heavy atom. The van der Waals surface area contributed by atoms with Crippen LogP contribution in [0.25, 0.3) is 11.0 Å². The van der Waals surface area contributed by atoms with E-state index in [9.17, 15) is 9.59 Å².